The van der Waals surface area contributed by atoms with E-state index < -0.39 is 0 Å². The minimum absolute atomic E-state index is 0.0615. The van der Waals surface area contributed by atoms with E-state index in [1.807, 2.05) is 48.5 Å². The molecule has 0 spiro atoms. The van der Waals surface area contributed by atoms with Crippen LogP contribution in [0.4, 0.5) is 0 Å². The maximum Gasteiger partial charge on any atom is 0.254 e. The van der Waals surface area contributed by atoms with Gasteiger partial charge in [0.05, 0.1) is 12.0 Å². The Morgan fingerprint density at radius 1 is 1.00 bits per heavy atom. The van der Waals surface area contributed by atoms with Crippen molar-refractivity contribution in [1.82, 2.24) is 4.90 Å². The van der Waals surface area contributed by atoms with Gasteiger partial charge in [0.25, 0.3) is 5.91 Å². The van der Waals surface area contributed by atoms with E-state index in [-0.39, 0.29) is 11.2 Å². The molecule has 188 valence electrons. The molecule has 1 amide bonds. The first kappa shape index (κ1) is 24.5. The van der Waals surface area contributed by atoms with Crippen LogP contribution in [-0.4, -0.2) is 44.2 Å². The van der Waals surface area contributed by atoms with Crippen molar-refractivity contribution in [1.29, 1.82) is 0 Å². The van der Waals surface area contributed by atoms with Gasteiger partial charge in [0.1, 0.15) is 29.6 Å². The summed E-state index contributed by atoms with van der Waals surface area (Å²) in [4.78, 5) is 14.8. The van der Waals surface area contributed by atoms with Gasteiger partial charge >= 0.3 is 0 Å². The third-order valence-electron chi connectivity index (χ3n) is 6.75. The van der Waals surface area contributed by atoms with E-state index in [2.05, 4.69) is 17.0 Å². The number of amides is 1. The average molecular weight is 505 g/mol. The monoisotopic (exact) mass is 504 g/mol. The summed E-state index contributed by atoms with van der Waals surface area (Å²) in [5, 5.41) is 2.08. The quantitative estimate of drug-likeness (QED) is 0.382. The number of rotatable bonds is 9. The molecule has 1 fully saturated rings. The summed E-state index contributed by atoms with van der Waals surface area (Å²) < 4.78 is 17.9. The fraction of sp³-hybridized carbons (Fsp3) is 0.345. The van der Waals surface area contributed by atoms with Gasteiger partial charge in [0.2, 0.25) is 0 Å². The molecule has 2 heterocycles. The van der Waals surface area contributed by atoms with Gasteiger partial charge in [-0.05, 0) is 80.2 Å². The molecule has 3 aromatic rings. The fourth-order valence-corrected chi connectivity index (χ4v) is 5.92. The van der Waals surface area contributed by atoms with E-state index in [1.165, 1.54) is 44.1 Å². The number of hydrogen-bond acceptors (Lipinski definition) is 6. The molecule has 1 saturated heterocycles. The molecule has 0 radical (unpaired) electrons. The number of likely N-dealkylation sites (tertiary alicyclic amines) is 1. The molecule has 36 heavy (non-hydrogen) atoms. The highest BCUT2D eigenvalue weighted by molar-refractivity contribution is 8.04. The Kier molecular flexibility index (Phi) is 7.68. The van der Waals surface area contributed by atoms with Crippen molar-refractivity contribution in [3.8, 4) is 23.0 Å². The summed E-state index contributed by atoms with van der Waals surface area (Å²) in [7, 11) is 1.66. The molecule has 0 saturated carbocycles. The van der Waals surface area contributed by atoms with Crippen LogP contribution < -0.4 is 19.9 Å². The summed E-state index contributed by atoms with van der Waals surface area (Å²) in [5.41, 5.74) is 6.56. The van der Waals surface area contributed by atoms with Crippen LogP contribution in [0.25, 0.3) is 10.8 Å². The average Bonchev–Trinajstić information content (AvgIpc) is 3.41. The van der Waals surface area contributed by atoms with Crippen molar-refractivity contribution in [3.05, 3.63) is 71.1 Å². The summed E-state index contributed by atoms with van der Waals surface area (Å²) >= 11 is 1.49. The third-order valence-corrected chi connectivity index (χ3v) is 8.11. The highest BCUT2D eigenvalue weighted by Gasteiger charge is 2.26. The van der Waals surface area contributed by atoms with Gasteiger partial charge in [-0.3, -0.25) is 9.69 Å². The van der Waals surface area contributed by atoms with Gasteiger partial charge in [-0.1, -0.05) is 24.6 Å². The summed E-state index contributed by atoms with van der Waals surface area (Å²) in [6.45, 7) is 3.99. The molecule has 1 unspecified atom stereocenters. The number of nitrogens with two attached hydrogens (primary N) is 1. The van der Waals surface area contributed by atoms with Crippen molar-refractivity contribution in [2.45, 2.75) is 30.9 Å². The molecule has 2 aliphatic heterocycles. The van der Waals surface area contributed by atoms with E-state index in [9.17, 15) is 4.79 Å². The van der Waals surface area contributed by atoms with E-state index in [4.69, 9.17) is 19.9 Å². The van der Waals surface area contributed by atoms with Gasteiger partial charge < -0.3 is 19.9 Å². The minimum atomic E-state index is -0.383. The van der Waals surface area contributed by atoms with E-state index >= 15 is 0 Å². The first-order valence-electron chi connectivity index (χ1n) is 12.5. The van der Waals surface area contributed by atoms with Gasteiger partial charge in [-0.2, -0.15) is 0 Å². The van der Waals surface area contributed by atoms with Crippen molar-refractivity contribution >= 4 is 28.4 Å². The summed E-state index contributed by atoms with van der Waals surface area (Å²) in [6, 6.07) is 17.9. The lowest BCUT2D eigenvalue weighted by Gasteiger charge is -2.26. The minimum Gasteiger partial charge on any atom is -0.497 e. The molecular weight excluding hydrogens is 472 g/mol. The summed E-state index contributed by atoms with van der Waals surface area (Å²) in [5.74, 6) is 2.76. The predicted octanol–water partition coefficient (Wildman–Crippen LogP) is 6.05. The molecule has 0 aliphatic carbocycles. The number of primary amides is 1. The van der Waals surface area contributed by atoms with Crippen molar-refractivity contribution in [2.75, 3.05) is 33.4 Å². The van der Waals surface area contributed by atoms with Gasteiger partial charge in [-0.25, -0.2) is 0 Å². The Morgan fingerprint density at radius 3 is 2.47 bits per heavy atom. The largest absolute Gasteiger partial charge is 0.497 e. The van der Waals surface area contributed by atoms with Crippen molar-refractivity contribution in [2.24, 2.45) is 5.73 Å². The molecule has 6 nitrogen and oxygen atoms in total. The predicted molar refractivity (Wildman–Crippen MR) is 145 cm³/mol. The van der Waals surface area contributed by atoms with Crippen LogP contribution in [0, 0.1) is 0 Å². The normalized spacial score (nSPS) is 18.1. The second kappa shape index (κ2) is 11.3. The first-order chi connectivity index (χ1) is 17.6. The van der Waals surface area contributed by atoms with Gasteiger partial charge in [0, 0.05) is 22.7 Å². The van der Waals surface area contributed by atoms with Crippen LogP contribution >= 0.6 is 11.8 Å². The Bertz CT molecular complexity index is 1250. The standard InChI is InChI=1S/C29H32N2O4S/c1-33-23-10-12-24-20(19-23)5-11-25(26-13-14-27(36-26)29(30)32)28(24)35-22-8-6-21(7-9-22)34-18-17-31-15-3-2-4-16-31/h5-12,14,19,26H,2-4,13,15-18H2,1H3,(H2,30,32). The number of ether oxygens (including phenoxy) is 3. The topological polar surface area (TPSA) is 74.0 Å². The Morgan fingerprint density at radius 2 is 1.75 bits per heavy atom. The Labute approximate surface area is 216 Å². The molecule has 3 aromatic carbocycles. The zero-order valence-electron chi connectivity index (χ0n) is 20.6. The van der Waals surface area contributed by atoms with Crippen LogP contribution in [0.15, 0.2) is 65.6 Å². The third kappa shape index (κ3) is 5.63. The number of benzene rings is 3. The number of carbonyl (C=O) groups excluding carboxylic acids is 1. The number of methoxy groups -OCH3 is 1. The van der Waals surface area contributed by atoms with Crippen LogP contribution in [0.2, 0.25) is 0 Å². The van der Waals surface area contributed by atoms with E-state index in [1.54, 1.807) is 7.11 Å². The number of allylic oxidation sites excluding steroid dienone is 1. The SMILES string of the molecule is COc1ccc2c(Oc3ccc(OCCN4CCCCC4)cc3)c(C3CC=C(C(N)=O)S3)ccc2c1. The molecule has 0 bridgehead atoms. The van der Waals surface area contributed by atoms with Crippen LogP contribution in [0.5, 0.6) is 23.0 Å². The Hall–Kier alpha value is -3.16. The summed E-state index contributed by atoms with van der Waals surface area (Å²) in [6.07, 6.45) is 6.55. The number of hydrogen-bond donors (Lipinski definition) is 1. The number of fused-ring (bicyclic) bond motifs is 1. The number of carbonyl (C=O) groups is 1. The molecule has 7 heteroatoms. The van der Waals surface area contributed by atoms with E-state index in [0.29, 0.717) is 11.5 Å². The zero-order chi connectivity index (χ0) is 24.9. The number of piperidine rings is 1. The lowest BCUT2D eigenvalue weighted by Crippen LogP contribution is -2.33. The Balaban J connectivity index is 1.34. The highest BCUT2D eigenvalue weighted by atomic mass is 32.2. The number of thioether (sulfide) groups is 1. The highest BCUT2D eigenvalue weighted by Crippen LogP contribution is 2.49. The maximum absolute atomic E-state index is 11.7. The fourth-order valence-electron chi connectivity index (χ4n) is 4.80. The van der Waals surface area contributed by atoms with Crippen LogP contribution in [-0.2, 0) is 4.79 Å². The number of nitrogens with zero attached hydrogens (tertiary/aromatic N) is 1. The second-order valence-corrected chi connectivity index (χ2v) is 10.4. The first-order valence-corrected chi connectivity index (χ1v) is 13.4. The molecular formula is C29H32N2O4S. The molecule has 0 aromatic heterocycles. The lowest BCUT2D eigenvalue weighted by atomic mass is 10.0. The smallest absolute Gasteiger partial charge is 0.254 e. The maximum atomic E-state index is 11.7. The van der Waals surface area contributed by atoms with Crippen molar-refractivity contribution in [3.63, 3.8) is 0 Å². The molecule has 2 N–H and O–H groups in total. The van der Waals surface area contributed by atoms with Crippen LogP contribution in [0.3, 0.4) is 0 Å². The van der Waals surface area contributed by atoms with Gasteiger partial charge in [0.15, 0.2) is 0 Å². The zero-order valence-corrected chi connectivity index (χ0v) is 21.4. The van der Waals surface area contributed by atoms with Crippen LogP contribution in [0.1, 0.15) is 36.5 Å². The lowest BCUT2D eigenvalue weighted by molar-refractivity contribution is -0.113. The van der Waals surface area contributed by atoms with Crippen molar-refractivity contribution < 1.29 is 19.0 Å². The molecule has 2 aliphatic rings. The van der Waals surface area contributed by atoms with Gasteiger partial charge in [-0.15, -0.1) is 11.8 Å². The molecule has 1 atom stereocenters. The molecule has 5 rings (SSSR count). The second-order valence-electron chi connectivity index (χ2n) is 9.17. The van der Waals surface area contributed by atoms with E-state index in [0.717, 1.165) is 52.3 Å².